The summed E-state index contributed by atoms with van der Waals surface area (Å²) >= 11 is 0. The zero-order valence-electron chi connectivity index (χ0n) is 8.86. The van der Waals surface area contributed by atoms with E-state index in [2.05, 4.69) is 9.89 Å². The van der Waals surface area contributed by atoms with Crippen molar-refractivity contribution in [2.24, 2.45) is 5.16 Å². The number of halogens is 3. The van der Waals surface area contributed by atoms with Crippen LogP contribution >= 0.6 is 0 Å². The molecule has 0 aliphatic carbocycles. The third kappa shape index (κ3) is 3.63. The van der Waals surface area contributed by atoms with Crippen molar-refractivity contribution < 1.29 is 27.9 Å². The number of alkyl halides is 3. The molecule has 0 aliphatic rings. The molecule has 0 aliphatic heterocycles. The molecule has 0 radical (unpaired) electrons. The molecule has 7 heteroatoms. The van der Waals surface area contributed by atoms with Crippen molar-refractivity contribution in [3.8, 4) is 5.75 Å². The van der Waals surface area contributed by atoms with Crippen molar-refractivity contribution in [3.05, 3.63) is 29.8 Å². The summed E-state index contributed by atoms with van der Waals surface area (Å²) in [4.78, 5) is 0. The molecule has 1 rings (SSSR count). The maximum Gasteiger partial charge on any atom is 0.437 e. The summed E-state index contributed by atoms with van der Waals surface area (Å²) in [5.74, 6) is 0.190. The number of ether oxygens (including phenoxy) is 2. The Kier molecular flexibility index (Phi) is 4.33. The Bertz CT molecular complexity index is 404. The van der Waals surface area contributed by atoms with Gasteiger partial charge in [-0.05, 0) is 12.1 Å². The lowest BCUT2D eigenvalue weighted by Crippen LogP contribution is -2.24. The van der Waals surface area contributed by atoms with Gasteiger partial charge in [0.1, 0.15) is 5.75 Å². The minimum atomic E-state index is -4.73. The standard InChI is InChI=1S/C10H10F3NO3/c1-16-6-17-8-4-2-3-7(5-8)9(14-15)10(11,12)13/h2-5,15H,6H2,1H3/b14-9+. The van der Waals surface area contributed by atoms with Crippen molar-refractivity contribution in [1.29, 1.82) is 0 Å². The SMILES string of the molecule is COCOc1cccc(/C(=N\O)C(F)(F)F)c1. The maximum atomic E-state index is 12.4. The number of oxime groups is 1. The van der Waals surface area contributed by atoms with Gasteiger partial charge in [0.15, 0.2) is 12.5 Å². The summed E-state index contributed by atoms with van der Waals surface area (Å²) in [5.41, 5.74) is -1.66. The molecule has 0 saturated heterocycles. The van der Waals surface area contributed by atoms with Gasteiger partial charge in [0.05, 0.1) is 0 Å². The molecular formula is C10H10F3NO3. The third-order valence-corrected chi connectivity index (χ3v) is 1.82. The highest BCUT2D eigenvalue weighted by atomic mass is 19.4. The van der Waals surface area contributed by atoms with Crippen LogP contribution in [0.2, 0.25) is 0 Å². The second kappa shape index (κ2) is 5.53. The normalized spacial score (nSPS) is 12.6. The monoisotopic (exact) mass is 249 g/mol. The van der Waals surface area contributed by atoms with E-state index < -0.39 is 11.9 Å². The van der Waals surface area contributed by atoms with Gasteiger partial charge in [-0.1, -0.05) is 17.3 Å². The zero-order chi connectivity index (χ0) is 12.9. The lowest BCUT2D eigenvalue weighted by Gasteiger charge is -2.10. The Hall–Kier alpha value is -1.76. The van der Waals surface area contributed by atoms with E-state index in [1.807, 2.05) is 0 Å². The highest BCUT2D eigenvalue weighted by Crippen LogP contribution is 2.24. The summed E-state index contributed by atoms with van der Waals surface area (Å²) in [6.45, 7) is -0.0823. The highest BCUT2D eigenvalue weighted by Gasteiger charge is 2.37. The van der Waals surface area contributed by atoms with Gasteiger partial charge in [-0.2, -0.15) is 13.2 Å². The summed E-state index contributed by atoms with van der Waals surface area (Å²) < 4.78 is 46.9. The van der Waals surface area contributed by atoms with E-state index in [0.29, 0.717) is 0 Å². The second-order valence-corrected chi connectivity index (χ2v) is 3.03. The van der Waals surface area contributed by atoms with Crippen molar-refractivity contribution in [2.45, 2.75) is 6.18 Å². The topological polar surface area (TPSA) is 51.0 Å². The number of hydrogen-bond acceptors (Lipinski definition) is 4. The molecule has 1 aromatic carbocycles. The van der Waals surface area contributed by atoms with E-state index in [0.717, 1.165) is 6.07 Å². The first-order valence-electron chi connectivity index (χ1n) is 4.50. The number of nitrogens with zero attached hydrogens (tertiary/aromatic N) is 1. The van der Waals surface area contributed by atoms with E-state index in [1.54, 1.807) is 0 Å². The molecule has 0 spiro atoms. The van der Waals surface area contributed by atoms with Gasteiger partial charge < -0.3 is 14.7 Å². The molecule has 0 bridgehead atoms. The van der Waals surface area contributed by atoms with Crippen LogP contribution in [-0.4, -0.2) is 31.0 Å². The van der Waals surface area contributed by atoms with Gasteiger partial charge in [0.25, 0.3) is 0 Å². The molecule has 0 atom stereocenters. The van der Waals surface area contributed by atoms with Gasteiger partial charge in [0.2, 0.25) is 0 Å². The average molecular weight is 249 g/mol. The quantitative estimate of drug-likeness (QED) is 0.386. The number of hydrogen-bond donors (Lipinski definition) is 1. The van der Waals surface area contributed by atoms with Gasteiger partial charge in [-0.25, -0.2) is 0 Å². The molecule has 0 heterocycles. The molecule has 4 nitrogen and oxygen atoms in total. The van der Waals surface area contributed by atoms with E-state index in [-0.39, 0.29) is 18.1 Å². The summed E-state index contributed by atoms with van der Waals surface area (Å²) in [6, 6.07) is 5.11. The second-order valence-electron chi connectivity index (χ2n) is 3.03. The Morgan fingerprint density at radius 1 is 1.41 bits per heavy atom. The molecular weight excluding hydrogens is 239 g/mol. The largest absolute Gasteiger partial charge is 0.468 e. The third-order valence-electron chi connectivity index (χ3n) is 1.82. The molecule has 0 unspecified atom stereocenters. The fourth-order valence-corrected chi connectivity index (χ4v) is 1.14. The average Bonchev–Trinajstić information content (AvgIpc) is 2.26. The molecule has 17 heavy (non-hydrogen) atoms. The molecule has 1 N–H and O–H groups in total. The van der Waals surface area contributed by atoms with Gasteiger partial charge >= 0.3 is 6.18 Å². The Labute approximate surface area is 95.3 Å². The van der Waals surface area contributed by atoms with Crippen LogP contribution < -0.4 is 4.74 Å². The van der Waals surface area contributed by atoms with E-state index >= 15 is 0 Å². The van der Waals surface area contributed by atoms with Crippen LogP contribution in [0.1, 0.15) is 5.56 Å². The van der Waals surface area contributed by atoms with Crippen LogP contribution in [-0.2, 0) is 4.74 Å². The molecule has 94 valence electrons. The van der Waals surface area contributed by atoms with Gasteiger partial charge in [-0.3, -0.25) is 0 Å². The summed E-state index contributed by atoms with van der Waals surface area (Å²) in [7, 11) is 1.39. The first kappa shape index (κ1) is 13.3. The minimum Gasteiger partial charge on any atom is -0.468 e. The van der Waals surface area contributed by atoms with Crippen LogP contribution in [0.3, 0.4) is 0 Å². The molecule has 0 amide bonds. The van der Waals surface area contributed by atoms with Crippen LogP contribution in [0.25, 0.3) is 0 Å². The Balaban J connectivity index is 2.98. The fourth-order valence-electron chi connectivity index (χ4n) is 1.14. The van der Waals surface area contributed by atoms with Gasteiger partial charge in [0, 0.05) is 12.7 Å². The van der Waals surface area contributed by atoms with Crippen LogP contribution in [0, 0.1) is 0 Å². The van der Waals surface area contributed by atoms with E-state index in [9.17, 15) is 13.2 Å². The van der Waals surface area contributed by atoms with E-state index in [1.165, 1.54) is 25.3 Å². The van der Waals surface area contributed by atoms with Crippen LogP contribution in [0.15, 0.2) is 29.4 Å². The Morgan fingerprint density at radius 3 is 2.65 bits per heavy atom. The number of methoxy groups -OCH3 is 1. The fraction of sp³-hybridized carbons (Fsp3) is 0.300. The highest BCUT2D eigenvalue weighted by molar-refractivity contribution is 6.04. The summed E-state index contributed by atoms with van der Waals surface area (Å²) in [5, 5.41) is 10.6. The van der Waals surface area contributed by atoms with Crippen LogP contribution in [0.5, 0.6) is 5.75 Å². The predicted molar refractivity (Wildman–Crippen MR) is 53.3 cm³/mol. The van der Waals surface area contributed by atoms with Gasteiger partial charge in [-0.15, -0.1) is 0 Å². The predicted octanol–water partition coefficient (Wildman–Crippen LogP) is 2.41. The molecule has 0 aromatic heterocycles. The van der Waals surface area contributed by atoms with Crippen LogP contribution in [0.4, 0.5) is 13.2 Å². The first-order valence-corrected chi connectivity index (χ1v) is 4.50. The van der Waals surface area contributed by atoms with Crippen molar-refractivity contribution in [3.63, 3.8) is 0 Å². The van der Waals surface area contributed by atoms with Crippen molar-refractivity contribution >= 4 is 5.71 Å². The van der Waals surface area contributed by atoms with Crippen molar-refractivity contribution in [2.75, 3.05) is 13.9 Å². The van der Waals surface area contributed by atoms with Crippen molar-refractivity contribution in [1.82, 2.24) is 0 Å². The maximum absolute atomic E-state index is 12.4. The Morgan fingerprint density at radius 2 is 2.12 bits per heavy atom. The number of rotatable bonds is 4. The molecule has 0 saturated carbocycles. The summed E-state index contributed by atoms with van der Waals surface area (Å²) in [6.07, 6.45) is -4.73. The zero-order valence-corrected chi connectivity index (χ0v) is 8.86. The minimum absolute atomic E-state index is 0.0823. The smallest absolute Gasteiger partial charge is 0.437 e. The molecule has 0 fully saturated rings. The lowest BCUT2D eigenvalue weighted by atomic mass is 10.1. The number of benzene rings is 1. The van der Waals surface area contributed by atoms with E-state index in [4.69, 9.17) is 9.94 Å². The molecule has 1 aromatic rings. The lowest BCUT2D eigenvalue weighted by molar-refractivity contribution is -0.0601. The first-order chi connectivity index (χ1) is 7.99.